The molecule has 6 heterocycles. The number of aliphatic hydroxyl groups is 2. The Morgan fingerprint density at radius 2 is 0.807 bits per heavy atom. The van der Waals surface area contributed by atoms with E-state index in [0.29, 0.717) is 118 Å². The number of nitrogens with zero attached hydrogens (tertiary/aromatic N) is 3. The molecule has 6 aromatic rings. The molecule has 3 aliphatic carbocycles. The van der Waals surface area contributed by atoms with Gasteiger partial charge in [0.25, 0.3) is 10.1 Å². The summed E-state index contributed by atoms with van der Waals surface area (Å²) in [5, 5.41) is 40.0. The van der Waals surface area contributed by atoms with Gasteiger partial charge in [0, 0.05) is 158 Å². The number of aromatic hydroxyl groups is 1. The largest absolute Gasteiger partial charge is 1.00 e. The number of benzene rings is 3. The number of carboxylic acids is 1. The smallest absolute Gasteiger partial charge is 0.870 e. The fraction of sp³-hybridized carbons (Fsp3) is 0.571. The molecular weight excluding hydrogens is 1510 g/mol. The first-order valence-corrected chi connectivity index (χ1v) is 39.2. The van der Waals surface area contributed by atoms with Crippen molar-refractivity contribution in [1.82, 2.24) is 13.7 Å². The van der Waals surface area contributed by atoms with Crippen LogP contribution in [0.2, 0.25) is 0 Å². The van der Waals surface area contributed by atoms with E-state index < -0.39 is 44.3 Å². The molecule has 0 amide bonds. The van der Waals surface area contributed by atoms with Crippen LogP contribution in [0, 0.1) is 32.5 Å². The molecule has 12 rings (SSSR count). The molecule has 0 saturated heterocycles. The third-order valence-electron chi connectivity index (χ3n) is 22.0. The molecule has 3 aromatic carbocycles. The Balaban J connectivity index is 0.000000246. The molecule has 0 spiro atoms. The van der Waals surface area contributed by atoms with Gasteiger partial charge in [0.05, 0.1) is 116 Å². The van der Waals surface area contributed by atoms with Crippen LogP contribution in [0.25, 0.3) is 33.8 Å². The standard InChI is InChI=1S/C28H37NO7.C26H33NO7.C22H27NO6.C7H14O4S.CH4.Na.H2O/c1-6-35-26(32)21-13-29-22(12-23(21)31)20-9-19(14-30)24(36-17-28(7-8-28)16-34-5)10-18(20)11-25(29)27(2,3)15-33-4;1-25(2,13-32-3)23-9-16-8-22(34-15-26(5-6-26)14-33-4)17(12-28)7-18(16)20-10-21(29)19(24(30)31)11-27(20)23;1-6-29-21(26)15-11-23-16(10-17(15)24)14-9-19(28-5)18(25)7-13(14)8-20(23)22(2,3)12-27-4;1-10-5-7(3-4-7)6-11-12(2,8)9;;;/h9-10,12-13,25,30H,6-8,11,14-17H2,1-5H3;7-8,10-11,23,28H,5-6,9,12-15H2,1-4H3,(H,30,31);7,9-11,20,25H,6,8,12H2,1-5H3;3-6H2,1-2H3;1H4;;1H2/q;;;;;+1;/p-1. The zero-order chi connectivity index (χ0) is 81.3. The number of aliphatic hydroxyl groups excluding tert-OH is 2. The molecule has 624 valence electrons. The van der Waals surface area contributed by atoms with Gasteiger partial charge in [0.1, 0.15) is 28.2 Å². The van der Waals surface area contributed by atoms with Crippen molar-refractivity contribution in [2.24, 2.45) is 32.5 Å². The number of fused-ring (bicyclic) bond motifs is 9. The molecule has 28 nitrogen and oxygen atoms in total. The number of phenolic OH excluding ortho intramolecular Hbond substituents is 1. The minimum atomic E-state index is -3.29. The van der Waals surface area contributed by atoms with E-state index in [2.05, 4.69) is 41.5 Å². The number of phenols is 1. The van der Waals surface area contributed by atoms with Crippen LogP contribution in [-0.2, 0) is 84.7 Å². The van der Waals surface area contributed by atoms with Crippen LogP contribution < -0.4 is 60.1 Å². The zero-order valence-electron chi connectivity index (χ0n) is 68.4. The van der Waals surface area contributed by atoms with Crippen LogP contribution in [0.15, 0.2) is 87.6 Å². The van der Waals surface area contributed by atoms with Crippen LogP contribution in [0.3, 0.4) is 0 Å². The van der Waals surface area contributed by atoms with Crippen molar-refractivity contribution in [2.45, 2.75) is 152 Å². The van der Waals surface area contributed by atoms with Gasteiger partial charge in [-0.25, -0.2) is 14.4 Å². The number of rotatable bonds is 32. The van der Waals surface area contributed by atoms with Gasteiger partial charge in [-0.3, -0.25) is 18.6 Å². The Morgan fingerprint density at radius 1 is 0.482 bits per heavy atom. The van der Waals surface area contributed by atoms with E-state index in [1.807, 2.05) is 38.0 Å². The summed E-state index contributed by atoms with van der Waals surface area (Å²) in [7, 11) is 8.14. The second-order valence-corrected chi connectivity index (χ2v) is 33.9. The molecule has 5 N–H and O–H groups in total. The summed E-state index contributed by atoms with van der Waals surface area (Å²) in [6.45, 7) is 20.5. The number of methoxy groups -OCH3 is 7. The summed E-state index contributed by atoms with van der Waals surface area (Å²) in [4.78, 5) is 74.8. The van der Waals surface area contributed by atoms with Crippen molar-refractivity contribution >= 4 is 28.0 Å². The zero-order valence-corrected chi connectivity index (χ0v) is 71.2. The molecule has 3 saturated carbocycles. The van der Waals surface area contributed by atoms with Crippen molar-refractivity contribution in [1.29, 1.82) is 0 Å². The van der Waals surface area contributed by atoms with Gasteiger partial charge < -0.3 is 91.7 Å². The van der Waals surface area contributed by atoms with Gasteiger partial charge in [0.2, 0.25) is 0 Å². The maximum absolute atomic E-state index is 13.0. The number of carboxylic acid groups (broad SMARTS) is 1. The van der Waals surface area contributed by atoms with Crippen LogP contribution >= 0.6 is 0 Å². The summed E-state index contributed by atoms with van der Waals surface area (Å²) >= 11 is 0. The first-order chi connectivity index (χ1) is 52.5. The number of carbonyl (C=O) groups excluding carboxylic acids is 2. The van der Waals surface area contributed by atoms with E-state index in [4.69, 9.17) is 56.3 Å². The number of carbonyl (C=O) groups is 3. The molecule has 30 heteroatoms. The Kier molecular flexibility index (Phi) is 33.3. The van der Waals surface area contributed by atoms with Gasteiger partial charge in [-0.1, -0.05) is 49.0 Å². The summed E-state index contributed by atoms with van der Waals surface area (Å²) in [6, 6.07) is 15.1. The molecule has 3 aromatic heterocycles. The number of aromatic nitrogens is 3. The minimum absolute atomic E-state index is 0. The van der Waals surface area contributed by atoms with E-state index in [1.54, 1.807) is 81.0 Å². The minimum Gasteiger partial charge on any atom is -0.870 e. The maximum atomic E-state index is 13.0. The van der Waals surface area contributed by atoms with Crippen molar-refractivity contribution in [2.75, 3.05) is 129 Å². The van der Waals surface area contributed by atoms with Crippen LogP contribution in [0.4, 0.5) is 0 Å². The molecule has 3 fully saturated rings. The van der Waals surface area contributed by atoms with Crippen molar-refractivity contribution < 1.29 is 135 Å². The second-order valence-electron chi connectivity index (χ2n) is 32.3. The number of ether oxygens (including phenoxy) is 11. The van der Waals surface area contributed by atoms with E-state index >= 15 is 0 Å². The van der Waals surface area contributed by atoms with Gasteiger partial charge in [-0.15, -0.1) is 0 Å². The molecule has 3 aliphatic heterocycles. The van der Waals surface area contributed by atoms with Crippen molar-refractivity contribution in [3.63, 3.8) is 0 Å². The van der Waals surface area contributed by atoms with Gasteiger partial charge in [0.15, 0.2) is 27.8 Å². The van der Waals surface area contributed by atoms with Crippen LogP contribution in [0.1, 0.15) is 178 Å². The number of esters is 2. The quantitative estimate of drug-likeness (QED) is 0.0176. The predicted octanol–water partition coefficient (Wildman–Crippen LogP) is 8.07. The van der Waals surface area contributed by atoms with Crippen molar-refractivity contribution in [3.8, 4) is 56.8 Å². The van der Waals surface area contributed by atoms with Gasteiger partial charge in [-0.2, -0.15) is 8.42 Å². The summed E-state index contributed by atoms with van der Waals surface area (Å²) in [5.74, 6) is -0.854. The fourth-order valence-electron chi connectivity index (χ4n) is 15.2. The summed E-state index contributed by atoms with van der Waals surface area (Å²) < 4.78 is 91.8. The maximum Gasteiger partial charge on any atom is 1.00 e. The summed E-state index contributed by atoms with van der Waals surface area (Å²) in [6.07, 6.45) is 13.8. The number of hydrogen-bond acceptors (Lipinski definition) is 24. The molecule has 3 unspecified atom stereocenters. The van der Waals surface area contributed by atoms with E-state index in [1.165, 1.54) is 31.5 Å². The fourth-order valence-corrected chi connectivity index (χ4v) is 15.7. The molecule has 114 heavy (non-hydrogen) atoms. The normalized spacial score (nSPS) is 17.2. The Bertz CT molecular complexity index is 4670. The van der Waals surface area contributed by atoms with Gasteiger partial charge >= 0.3 is 47.5 Å². The monoisotopic (exact) mass is 1620 g/mol. The molecule has 6 aliphatic rings. The molecule has 3 atom stereocenters. The average Bonchev–Trinajstić information content (AvgIpc) is 0.898. The predicted molar refractivity (Wildman–Crippen MR) is 424 cm³/mol. The molecule has 0 radical (unpaired) electrons. The topological polar surface area (TPSA) is 373 Å². The first-order valence-electron chi connectivity index (χ1n) is 37.4. The number of hydrogen-bond donors (Lipinski definition) is 4. The van der Waals surface area contributed by atoms with Crippen LogP contribution in [-0.4, -0.2) is 195 Å². The van der Waals surface area contributed by atoms with E-state index in [-0.39, 0.29) is 149 Å². The number of aromatic carboxylic acids is 1. The molecular formula is C84H116N3NaO25S. The molecule has 0 bridgehead atoms. The van der Waals surface area contributed by atoms with Gasteiger partial charge in [-0.05, 0) is 125 Å². The summed E-state index contributed by atoms with van der Waals surface area (Å²) in [5.41, 5.74) is 6.13. The van der Waals surface area contributed by atoms with Crippen LogP contribution in [0.5, 0.6) is 23.0 Å². The van der Waals surface area contributed by atoms with Crippen molar-refractivity contribution in [3.05, 3.63) is 148 Å². The first kappa shape index (κ1) is 95.5. The Labute approximate surface area is 690 Å². The SMILES string of the molecule is C.CCOC(=O)c1cn2c(cc1=O)-c1cc(CO)c(OCC3(COC)CC3)cc1CC2C(C)(C)COC.CCOC(=O)c1cn2c(cc1=O)-c1cc(OC)c(O)cc1CC2C(C)(C)COC.COCC1(COS(C)(=O)=O)CC1.COCC1(COc2cc3c(cc2CO)-c2cc(=O)c(C(=O)O)cn2C(C(C)(C)COC)C3)CC1.[Na+].[OH-]. The third-order valence-corrected chi connectivity index (χ3v) is 22.5. The average molecular weight is 1620 g/mol. The number of pyridine rings is 3. The van der Waals surface area contributed by atoms with E-state index in [0.717, 1.165) is 78.2 Å². The van der Waals surface area contributed by atoms with E-state index in [9.17, 15) is 57.6 Å². The third kappa shape index (κ3) is 22.3. The second kappa shape index (κ2) is 39.7. The Morgan fingerprint density at radius 3 is 1.11 bits per heavy atom. The Hall–Kier alpha value is -7.33.